The molecular formula is C9H20O4SSi. The van der Waals surface area contributed by atoms with Gasteiger partial charge in [0.05, 0.1) is 5.94 Å². The molecule has 0 amide bonds. The first-order valence-electron chi connectivity index (χ1n) is 5.04. The summed E-state index contributed by atoms with van der Waals surface area (Å²) in [6.07, 6.45) is 1.47. The predicted molar refractivity (Wildman–Crippen MR) is 63.7 cm³/mol. The van der Waals surface area contributed by atoms with Gasteiger partial charge < -0.3 is 13.3 Å². The molecule has 0 rings (SSSR count). The molecule has 0 fully saturated rings. The molecule has 0 bridgehead atoms. The highest BCUT2D eigenvalue weighted by atomic mass is 32.2. The molecule has 6 heteroatoms. The van der Waals surface area contributed by atoms with E-state index in [2.05, 4.69) is 0 Å². The molecule has 0 aliphatic rings. The highest BCUT2D eigenvalue weighted by Gasteiger charge is 2.37. The number of hydrogen-bond donors (Lipinski definition) is 0. The Morgan fingerprint density at radius 3 is 2.27 bits per heavy atom. The van der Waals surface area contributed by atoms with Crippen LogP contribution >= 0.6 is 11.8 Å². The van der Waals surface area contributed by atoms with Gasteiger partial charge in [-0.1, -0.05) is 32.0 Å². The van der Waals surface area contributed by atoms with Gasteiger partial charge in [0.15, 0.2) is 5.12 Å². The van der Waals surface area contributed by atoms with Crippen LogP contribution in [0.5, 0.6) is 0 Å². The van der Waals surface area contributed by atoms with Gasteiger partial charge in [-0.05, 0) is 0 Å². The van der Waals surface area contributed by atoms with Crippen molar-refractivity contribution in [1.82, 2.24) is 0 Å². The summed E-state index contributed by atoms with van der Waals surface area (Å²) in [5.74, 6) is 0.320. The van der Waals surface area contributed by atoms with Gasteiger partial charge in [-0.15, -0.1) is 0 Å². The molecule has 0 aromatic rings. The SMILES string of the molecule is CCC[Si](OC)(OC)OCSC(=O)CC. The summed E-state index contributed by atoms with van der Waals surface area (Å²) in [5, 5.41) is 0.126. The Kier molecular flexibility index (Phi) is 8.35. The normalized spacial score (nSPS) is 11.7. The van der Waals surface area contributed by atoms with Crippen LogP contribution in [0.25, 0.3) is 0 Å². The predicted octanol–water partition coefficient (Wildman–Crippen LogP) is 2.27. The minimum absolute atomic E-state index is 0.126. The molecular weight excluding hydrogens is 232 g/mol. The molecule has 0 aliphatic carbocycles. The molecule has 0 atom stereocenters. The summed E-state index contributed by atoms with van der Waals surface area (Å²) < 4.78 is 16.2. The molecule has 0 aliphatic heterocycles. The van der Waals surface area contributed by atoms with Gasteiger partial charge in [0.1, 0.15) is 0 Å². The number of thioether (sulfide) groups is 1. The van der Waals surface area contributed by atoms with E-state index < -0.39 is 8.80 Å². The van der Waals surface area contributed by atoms with Crippen molar-refractivity contribution in [1.29, 1.82) is 0 Å². The van der Waals surface area contributed by atoms with Gasteiger partial charge in [-0.3, -0.25) is 4.79 Å². The number of hydrogen-bond acceptors (Lipinski definition) is 5. The van der Waals surface area contributed by atoms with Crippen molar-refractivity contribution in [2.24, 2.45) is 0 Å². The Balaban J connectivity index is 4.00. The first kappa shape index (κ1) is 15.1. The molecule has 0 radical (unpaired) electrons. The van der Waals surface area contributed by atoms with Crippen molar-refractivity contribution in [3.63, 3.8) is 0 Å². The molecule has 90 valence electrons. The van der Waals surface area contributed by atoms with E-state index in [1.54, 1.807) is 14.2 Å². The Bertz CT molecular complexity index is 185. The van der Waals surface area contributed by atoms with E-state index in [1.807, 2.05) is 13.8 Å². The fraction of sp³-hybridized carbons (Fsp3) is 0.889. The van der Waals surface area contributed by atoms with E-state index in [0.29, 0.717) is 12.4 Å². The van der Waals surface area contributed by atoms with Crippen LogP contribution in [-0.2, 0) is 18.1 Å². The lowest BCUT2D eigenvalue weighted by atomic mass is 10.6. The molecule has 4 nitrogen and oxygen atoms in total. The highest BCUT2D eigenvalue weighted by Crippen LogP contribution is 2.18. The van der Waals surface area contributed by atoms with Gasteiger partial charge in [-0.25, -0.2) is 0 Å². The minimum atomic E-state index is -2.50. The van der Waals surface area contributed by atoms with E-state index in [4.69, 9.17) is 13.3 Å². The van der Waals surface area contributed by atoms with Crippen LogP contribution in [0.2, 0.25) is 6.04 Å². The van der Waals surface area contributed by atoms with Crippen LogP contribution in [0.1, 0.15) is 26.7 Å². The van der Waals surface area contributed by atoms with E-state index >= 15 is 0 Å². The molecule has 15 heavy (non-hydrogen) atoms. The maximum Gasteiger partial charge on any atom is 0.501 e. The molecule has 0 aromatic carbocycles. The van der Waals surface area contributed by atoms with Crippen LogP contribution in [0.4, 0.5) is 0 Å². The van der Waals surface area contributed by atoms with Crippen LogP contribution in [0.15, 0.2) is 0 Å². The lowest BCUT2D eigenvalue weighted by Gasteiger charge is -2.25. The third-order valence-corrected chi connectivity index (χ3v) is 5.96. The van der Waals surface area contributed by atoms with Crippen LogP contribution < -0.4 is 0 Å². The van der Waals surface area contributed by atoms with Gasteiger partial charge in [0, 0.05) is 26.7 Å². The lowest BCUT2D eigenvalue weighted by Crippen LogP contribution is -2.43. The van der Waals surface area contributed by atoms with Gasteiger partial charge in [-0.2, -0.15) is 0 Å². The summed E-state index contributed by atoms with van der Waals surface area (Å²) in [6.45, 7) is 3.88. The maximum absolute atomic E-state index is 11.0. The largest absolute Gasteiger partial charge is 0.501 e. The standard InChI is InChI=1S/C9H20O4SSi/c1-5-7-15(11-3,12-4)13-8-14-9(10)6-2/h5-8H2,1-4H3. The van der Waals surface area contributed by atoms with Gasteiger partial charge in [0.2, 0.25) is 0 Å². The number of carbonyl (C=O) groups excluding carboxylic acids is 1. The average Bonchev–Trinajstić information content (AvgIpc) is 2.27. The molecule has 0 N–H and O–H groups in total. The zero-order valence-corrected chi connectivity index (χ0v) is 11.7. The third kappa shape index (κ3) is 5.67. The van der Waals surface area contributed by atoms with Crippen LogP contribution in [0.3, 0.4) is 0 Å². The third-order valence-electron chi connectivity index (χ3n) is 1.97. The molecule has 0 saturated carbocycles. The summed E-state index contributed by atoms with van der Waals surface area (Å²) in [7, 11) is 0.694. The number of rotatable bonds is 8. The summed E-state index contributed by atoms with van der Waals surface area (Å²) >= 11 is 1.17. The molecule has 0 heterocycles. The fourth-order valence-corrected chi connectivity index (χ4v) is 3.93. The average molecular weight is 252 g/mol. The number of carbonyl (C=O) groups is 1. The molecule has 0 unspecified atom stereocenters. The second kappa shape index (κ2) is 8.29. The van der Waals surface area contributed by atoms with Crippen LogP contribution in [0, 0.1) is 0 Å². The van der Waals surface area contributed by atoms with Crippen LogP contribution in [-0.4, -0.2) is 34.1 Å². The molecule has 0 saturated heterocycles. The Morgan fingerprint density at radius 2 is 1.87 bits per heavy atom. The van der Waals surface area contributed by atoms with E-state index in [1.165, 1.54) is 11.8 Å². The first-order chi connectivity index (χ1) is 7.14. The second-order valence-electron chi connectivity index (χ2n) is 2.97. The molecule has 0 aromatic heterocycles. The van der Waals surface area contributed by atoms with Crippen molar-refractivity contribution >= 4 is 25.7 Å². The van der Waals surface area contributed by atoms with Gasteiger partial charge in [0.25, 0.3) is 0 Å². The zero-order chi connectivity index (χ0) is 11.7. The summed E-state index contributed by atoms with van der Waals surface area (Å²) in [6, 6.07) is 0.779. The quantitative estimate of drug-likeness (QED) is 0.490. The highest BCUT2D eigenvalue weighted by molar-refractivity contribution is 8.13. The summed E-state index contributed by atoms with van der Waals surface area (Å²) in [5.41, 5.74) is 0. The lowest BCUT2D eigenvalue weighted by molar-refractivity contribution is -0.110. The van der Waals surface area contributed by atoms with Crippen molar-refractivity contribution < 1.29 is 18.1 Å². The van der Waals surface area contributed by atoms with E-state index in [9.17, 15) is 4.79 Å². The Labute approximate surface area is 97.0 Å². The Hall–Kier alpha value is 0.117. The van der Waals surface area contributed by atoms with Crippen molar-refractivity contribution in [2.45, 2.75) is 32.7 Å². The first-order valence-corrected chi connectivity index (χ1v) is 7.95. The van der Waals surface area contributed by atoms with Crippen molar-refractivity contribution in [3.8, 4) is 0 Å². The fourth-order valence-electron chi connectivity index (χ4n) is 1.07. The van der Waals surface area contributed by atoms with Crippen molar-refractivity contribution in [3.05, 3.63) is 0 Å². The monoisotopic (exact) mass is 252 g/mol. The molecule has 0 spiro atoms. The smallest absolute Gasteiger partial charge is 0.377 e. The second-order valence-corrected chi connectivity index (χ2v) is 6.92. The topological polar surface area (TPSA) is 44.8 Å². The summed E-state index contributed by atoms with van der Waals surface area (Å²) in [4.78, 5) is 11.0. The minimum Gasteiger partial charge on any atom is -0.377 e. The van der Waals surface area contributed by atoms with E-state index in [-0.39, 0.29) is 5.12 Å². The maximum atomic E-state index is 11.0. The zero-order valence-electron chi connectivity index (χ0n) is 9.87. The van der Waals surface area contributed by atoms with E-state index in [0.717, 1.165) is 12.5 Å². The van der Waals surface area contributed by atoms with Gasteiger partial charge >= 0.3 is 8.80 Å². The van der Waals surface area contributed by atoms with Crippen molar-refractivity contribution in [2.75, 3.05) is 20.2 Å². The Morgan fingerprint density at radius 1 is 1.27 bits per heavy atom.